The number of hydrogen-bond donors (Lipinski definition) is 0. The van der Waals surface area contributed by atoms with Crippen molar-refractivity contribution in [3.8, 4) is 0 Å². The molecule has 1 aliphatic heterocycles. The highest BCUT2D eigenvalue weighted by molar-refractivity contribution is 6.45. The number of allylic oxidation sites excluding steroid dienone is 6. The van der Waals surface area contributed by atoms with Crippen molar-refractivity contribution in [1.82, 2.24) is 4.57 Å². The van der Waals surface area contributed by atoms with Crippen molar-refractivity contribution >= 4 is 66.2 Å². The van der Waals surface area contributed by atoms with Gasteiger partial charge >= 0.3 is 0 Å². The van der Waals surface area contributed by atoms with Crippen LogP contribution >= 0.6 is 0 Å². The van der Waals surface area contributed by atoms with Crippen LogP contribution in [0.5, 0.6) is 0 Å². The predicted octanol–water partition coefficient (Wildman–Crippen LogP) is 11.9. The lowest BCUT2D eigenvalue weighted by atomic mass is 9.82. The second-order valence-electron chi connectivity index (χ2n) is 13.5. The van der Waals surface area contributed by atoms with Crippen molar-refractivity contribution < 1.29 is 4.42 Å². The highest BCUT2D eigenvalue weighted by atomic mass is 16.3. The van der Waals surface area contributed by atoms with Gasteiger partial charge in [0.2, 0.25) is 0 Å². The SMILES string of the molecule is C=C1Cc2ccccc2C2=C1CC/C=C(/n1c3ccccc3c3cc4ccccc4cc31)C(C1=CCC(C)c3oc4ccccc4c31)=N2. The lowest BCUT2D eigenvalue weighted by Crippen LogP contribution is -2.18. The van der Waals surface area contributed by atoms with Gasteiger partial charge in [-0.2, -0.15) is 0 Å². The number of para-hydroxylation sites is 2. The van der Waals surface area contributed by atoms with E-state index in [2.05, 4.69) is 139 Å². The summed E-state index contributed by atoms with van der Waals surface area (Å²) in [7, 11) is 0. The van der Waals surface area contributed by atoms with Crippen molar-refractivity contribution in [2.45, 2.75) is 38.5 Å². The Bertz CT molecular complexity index is 2650. The maximum absolute atomic E-state index is 6.63. The average Bonchev–Trinajstić information content (AvgIpc) is 3.65. The van der Waals surface area contributed by atoms with E-state index in [4.69, 9.17) is 9.41 Å². The van der Waals surface area contributed by atoms with Gasteiger partial charge in [0.1, 0.15) is 11.3 Å². The monoisotopic (exact) mass is 618 g/mol. The minimum atomic E-state index is 0.280. The Hall–Kier alpha value is -5.67. The Morgan fingerprint density at radius 3 is 2.42 bits per heavy atom. The molecule has 3 heterocycles. The van der Waals surface area contributed by atoms with Crippen LogP contribution in [0.1, 0.15) is 54.6 Å². The molecule has 230 valence electrons. The minimum absolute atomic E-state index is 0.280. The number of aromatic nitrogens is 1. The Morgan fingerprint density at radius 1 is 0.771 bits per heavy atom. The van der Waals surface area contributed by atoms with E-state index in [-0.39, 0.29) is 5.92 Å². The van der Waals surface area contributed by atoms with Crippen LogP contribution in [0.25, 0.3) is 60.5 Å². The molecule has 3 heteroatoms. The molecule has 0 saturated heterocycles. The number of benzene rings is 5. The lowest BCUT2D eigenvalue weighted by Gasteiger charge is -2.28. The Labute approximate surface area is 279 Å². The molecule has 7 aromatic rings. The maximum atomic E-state index is 6.63. The van der Waals surface area contributed by atoms with E-state index in [9.17, 15) is 0 Å². The zero-order valence-electron chi connectivity index (χ0n) is 27.0. The fourth-order valence-corrected chi connectivity index (χ4v) is 8.33. The van der Waals surface area contributed by atoms with Crippen molar-refractivity contribution in [3.05, 3.63) is 162 Å². The van der Waals surface area contributed by atoms with Crippen LogP contribution in [-0.2, 0) is 6.42 Å². The zero-order valence-corrected chi connectivity index (χ0v) is 27.0. The van der Waals surface area contributed by atoms with E-state index in [1.807, 2.05) is 0 Å². The second-order valence-corrected chi connectivity index (χ2v) is 13.5. The normalized spacial score (nSPS) is 19.0. The fraction of sp³-hybridized carbons (Fsp3) is 0.133. The summed E-state index contributed by atoms with van der Waals surface area (Å²) in [5.74, 6) is 1.33. The summed E-state index contributed by atoms with van der Waals surface area (Å²) >= 11 is 0. The van der Waals surface area contributed by atoms with Gasteiger partial charge in [-0.05, 0) is 77.4 Å². The summed E-state index contributed by atoms with van der Waals surface area (Å²) in [6.07, 6.45) is 8.39. The van der Waals surface area contributed by atoms with Gasteiger partial charge in [-0.25, -0.2) is 4.99 Å². The predicted molar refractivity (Wildman–Crippen MR) is 201 cm³/mol. The van der Waals surface area contributed by atoms with Gasteiger partial charge in [-0.15, -0.1) is 0 Å². The number of rotatable bonds is 2. The van der Waals surface area contributed by atoms with Crippen LogP contribution in [0.2, 0.25) is 0 Å². The van der Waals surface area contributed by atoms with Gasteiger partial charge in [-0.3, -0.25) is 0 Å². The van der Waals surface area contributed by atoms with E-state index >= 15 is 0 Å². The first-order valence-corrected chi connectivity index (χ1v) is 17.1. The van der Waals surface area contributed by atoms with Crippen LogP contribution in [-0.4, -0.2) is 10.3 Å². The summed E-state index contributed by atoms with van der Waals surface area (Å²) in [5.41, 5.74) is 13.8. The molecule has 0 saturated carbocycles. The first-order chi connectivity index (χ1) is 23.6. The molecule has 0 radical (unpaired) electrons. The zero-order chi connectivity index (χ0) is 31.9. The van der Waals surface area contributed by atoms with Crippen LogP contribution in [0, 0.1) is 0 Å². The molecular weight excluding hydrogens is 585 g/mol. The van der Waals surface area contributed by atoms with Crippen molar-refractivity contribution in [1.29, 1.82) is 0 Å². The van der Waals surface area contributed by atoms with E-state index < -0.39 is 0 Å². The number of nitrogens with zero attached hydrogens (tertiary/aromatic N) is 2. The quantitative estimate of drug-likeness (QED) is 0.190. The molecule has 1 atom stereocenters. The molecule has 48 heavy (non-hydrogen) atoms. The molecule has 2 aromatic heterocycles. The molecule has 2 aliphatic carbocycles. The second kappa shape index (κ2) is 10.4. The van der Waals surface area contributed by atoms with Crippen LogP contribution in [0.4, 0.5) is 0 Å². The third-order valence-electron chi connectivity index (χ3n) is 10.6. The summed E-state index contributed by atoms with van der Waals surface area (Å²) < 4.78 is 9.10. The highest BCUT2D eigenvalue weighted by Crippen LogP contribution is 2.47. The van der Waals surface area contributed by atoms with Crippen LogP contribution < -0.4 is 0 Å². The molecule has 0 amide bonds. The van der Waals surface area contributed by atoms with E-state index in [0.717, 1.165) is 65.1 Å². The van der Waals surface area contributed by atoms with E-state index in [1.54, 1.807) is 0 Å². The molecular formula is C45H34N2O. The van der Waals surface area contributed by atoms with Crippen molar-refractivity contribution in [3.63, 3.8) is 0 Å². The first kappa shape index (κ1) is 27.4. The van der Waals surface area contributed by atoms with Gasteiger partial charge in [-0.1, -0.05) is 111 Å². The molecule has 0 N–H and O–H groups in total. The molecule has 3 aliphatic rings. The van der Waals surface area contributed by atoms with Gasteiger partial charge in [0.25, 0.3) is 0 Å². The third kappa shape index (κ3) is 3.97. The number of hydrogen-bond acceptors (Lipinski definition) is 2. The molecule has 0 bridgehead atoms. The van der Waals surface area contributed by atoms with Gasteiger partial charge in [0.05, 0.1) is 28.1 Å². The maximum Gasteiger partial charge on any atom is 0.134 e. The summed E-state index contributed by atoms with van der Waals surface area (Å²) in [6, 6.07) is 39.4. The minimum Gasteiger partial charge on any atom is -0.460 e. The van der Waals surface area contributed by atoms with Gasteiger partial charge < -0.3 is 8.98 Å². The highest BCUT2D eigenvalue weighted by Gasteiger charge is 2.32. The number of fused-ring (bicyclic) bond motifs is 9. The molecule has 3 nitrogen and oxygen atoms in total. The van der Waals surface area contributed by atoms with Crippen molar-refractivity contribution in [2.75, 3.05) is 0 Å². The summed E-state index contributed by atoms with van der Waals surface area (Å²) in [6.45, 7) is 6.85. The lowest BCUT2D eigenvalue weighted by molar-refractivity contribution is 0.503. The summed E-state index contributed by atoms with van der Waals surface area (Å²) in [4.78, 5) is 5.83. The van der Waals surface area contributed by atoms with E-state index in [1.165, 1.54) is 60.4 Å². The Kier molecular flexibility index (Phi) is 5.96. The third-order valence-corrected chi connectivity index (χ3v) is 10.6. The smallest absolute Gasteiger partial charge is 0.134 e. The number of furan rings is 1. The number of aliphatic imine (C=N–C) groups is 1. The molecule has 0 fully saturated rings. The average molecular weight is 619 g/mol. The molecule has 10 rings (SSSR count). The Balaban J connectivity index is 1.32. The first-order valence-electron chi connectivity index (χ1n) is 17.1. The fourth-order valence-electron chi connectivity index (χ4n) is 8.33. The van der Waals surface area contributed by atoms with Crippen LogP contribution in [0.3, 0.4) is 0 Å². The van der Waals surface area contributed by atoms with E-state index in [0.29, 0.717) is 0 Å². The summed E-state index contributed by atoms with van der Waals surface area (Å²) in [5, 5.41) is 6.13. The topological polar surface area (TPSA) is 30.4 Å². The molecule has 0 spiro atoms. The van der Waals surface area contributed by atoms with Crippen molar-refractivity contribution in [2.24, 2.45) is 4.99 Å². The van der Waals surface area contributed by atoms with Crippen LogP contribution in [0.15, 0.2) is 148 Å². The largest absolute Gasteiger partial charge is 0.460 e. The molecule has 1 unspecified atom stereocenters. The van der Waals surface area contributed by atoms with Gasteiger partial charge in [0, 0.05) is 38.8 Å². The Morgan fingerprint density at radius 2 is 1.52 bits per heavy atom. The van der Waals surface area contributed by atoms with Gasteiger partial charge in [0.15, 0.2) is 0 Å². The molecule has 5 aromatic carbocycles. The standard InChI is InChI=1S/C45H34N2O/c1-27-22-23-36(42-35-17-8-10-21-41(35)48-45(27)42)44-39(20-11-18-32-28(2)24-31-14-5-6-15-33(31)43(32)46-44)47-38-19-9-7-16-34(38)37-25-29-12-3-4-13-30(29)26-40(37)47/h3-10,12-17,19-21,23,25-27H,2,11,18,22,24H2,1H3/b39-20+,46-44?.